The van der Waals surface area contributed by atoms with Crippen LogP contribution in [0.3, 0.4) is 0 Å². The largest absolute Gasteiger partial charge is 0.469 e. The Hall–Kier alpha value is -2.13. The number of hydrogen-bond acceptors (Lipinski definition) is 7. The number of rotatable bonds is 8. The van der Waals surface area contributed by atoms with Gasteiger partial charge in [0.2, 0.25) is 5.13 Å². The fourth-order valence-electron chi connectivity index (χ4n) is 2.89. The van der Waals surface area contributed by atoms with Gasteiger partial charge in [0.25, 0.3) is 0 Å². The number of anilines is 1. The Labute approximate surface area is 164 Å². The number of hydrogen-bond donors (Lipinski definition) is 1. The van der Waals surface area contributed by atoms with Crippen LogP contribution < -0.4 is 10.2 Å². The molecule has 148 valence electrons. The molecule has 0 aliphatic carbocycles. The summed E-state index contributed by atoms with van der Waals surface area (Å²) >= 11 is 1.49. The van der Waals surface area contributed by atoms with Crippen molar-refractivity contribution in [3.8, 4) is 0 Å². The summed E-state index contributed by atoms with van der Waals surface area (Å²) in [7, 11) is 1.70. The number of piperazine rings is 1. The van der Waals surface area contributed by atoms with Gasteiger partial charge in [-0.05, 0) is 12.1 Å². The van der Waals surface area contributed by atoms with Crippen LogP contribution in [0.15, 0.2) is 27.8 Å². The van der Waals surface area contributed by atoms with E-state index in [2.05, 4.69) is 31.4 Å². The number of aliphatic imine (C=N–C) groups is 1. The monoisotopic (exact) mass is 392 g/mol. The lowest BCUT2D eigenvalue weighted by Gasteiger charge is -2.36. The first-order valence-electron chi connectivity index (χ1n) is 9.42. The third kappa shape index (κ3) is 5.67. The fraction of sp³-hybridized carbons (Fsp3) is 0.611. The molecule has 27 heavy (non-hydrogen) atoms. The highest BCUT2D eigenvalue weighted by atomic mass is 32.1. The van der Waals surface area contributed by atoms with Gasteiger partial charge < -0.3 is 24.3 Å². The van der Waals surface area contributed by atoms with Gasteiger partial charge in [-0.15, -0.1) is 0 Å². The standard InChI is InChI=1S/C18H28N6O2S/c1-3-16-21-18(27-22-16)24-11-9-23(10-12-24)17(20-8-14-25-2)19-7-6-15-5-4-13-26-15/h4-5,13H,3,6-12,14H2,1-2H3,(H,19,20). The van der Waals surface area contributed by atoms with Gasteiger partial charge >= 0.3 is 0 Å². The van der Waals surface area contributed by atoms with E-state index in [0.29, 0.717) is 13.2 Å². The molecule has 3 rings (SSSR count). The summed E-state index contributed by atoms with van der Waals surface area (Å²) in [6.07, 6.45) is 3.42. The first-order chi connectivity index (χ1) is 13.3. The maximum absolute atomic E-state index is 5.40. The molecule has 8 nitrogen and oxygen atoms in total. The van der Waals surface area contributed by atoms with Crippen molar-refractivity contribution < 1.29 is 9.15 Å². The van der Waals surface area contributed by atoms with Crippen LogP contribution in [0.25, 0.3) is 0 Å². The summed E-state index contributed by atoms with van der Waals surface area (Å²) in [5.74, 6) is 2.84. The number of guanidine groups is 1. The summed E-state index contributed by atoms with van der Waals surface area (Å²) in [4.78, 5) is 13.9. The zero-order chi connectivity index (χ0) is 18.9. The highest BCUT2D eigenvalue weighted by Gasteiger charge is 2.22. The molecular formula is C18H28N6O2S. The van der Waals surface area contributed by atoms with Crippen molar-refractivity contribution in [1.29, 1.82) is 0 Å². The van der Waals surface area contributed by atoms with Crippen molar-refractivity contribution in [3.63, 3.8) is 0 Å². The second kappa shape index (κ2) is 10.3. The van der Waals surface area contributed by atoms with E-state index in [0.717, 1.165) is 68.2 Å². The van der Waals surface area contributed by atoms with Crippen LogP contribution >= 0.6 is 11.5 Å². The smallest absolute Gasteiger partial charge is 0.205 e. The van der Waals surface area contributed by atoms with Crippen molar-refractivity contribution in [2.24, 2.45) is 4.99 Å². The van der Waals surface area contributed by atoms with Crippen LogP contribution in [-0.2, 0) is 17.6 Å². The predicted octanol–water partition coefficient (Wildman–Crippen LogP) is 1.65. The van der Waals surface area contributed by atoms with E-state index in [9.17, 15) is 0 Å². The molecular weight excluding hydrogens is 364 g/mol. The number of nitrogens with one attached hydrogen (secondary N) is 1. The van der Waals surface area contributed by atoms with Gasteiger partial charge in [0.05, 0.1) is 19.4 Å². The van der Waals surface area contributed by atoms with E-state index >= 15 is 0 Å². The van der Waals surface area contributed by atoms with E-state index in [1.54, 1.807) is 13.4 Å². The molecule has 0 amide bonds. The molecule has 0 aromatic carbocycles. The minimum Gasteiger partial charge on any atom is -0.469 e. The lowest BCUT2D eigenvalue weighted by Crippen LogP contribution is -2.53. The van der Waals surface area contributed by atoms with Crippen LogP contribution in [-0.4, -0.2) is 73.2 Å². The average Bonchev–Trinajstić information content (AvgIpc) is 3.39. The normalized spacial score (nSPS) is 15.4. The molecule has 0 spiro atoms. The summed E-state index contributed by atoms with van der Waals surface area (Å²) in [5.41, 5.74) is 0. The topological polar surface area (TPSA) is 79.0 Å². The zero-order valence-corrected chi connectivity index (χ0v) is 16.9. The highest BCUT2D eigenvalue weighted by Crippen LogP contribution is 2.19. The third-order valence-electron chi connectivity index (χ3n) is 4.41. The molecule has 1 N–H and O–H groups in total. The quantitative estimate of drug-likeness (QED) is 0.416. The van der Waals surface area contributed by atoms with Crippen LogP contribution in [0.2, 0.25) is 0 Å². The molecule has 9 heteroatoms. The fourth-order valence-corrected chi connectivity index (χ4v) is 3.69. The number of furan rings is 1. The molecule has 1 fully saturated rings. The van der Waals surface area contributed by atoms with E-state index in [1.165, 1.54) is 11.5 Å². The van der Waals surface area contributed by atoms with Crippen molar-refractivity contribution >= 4 is 22.6 Å². The number of methoxy groups -OCH3 is 1. The van der Waals surface area contributed by atoms with E-state index in [1.807, 2.05) is 12.1 Å². The summed E-state index contributed by atoms with van der Waals surface area (Å²) in [6, 6.07) is 3.91. The summed E-state index contributed by atoms with van der Waals surface area (Å²) in [6.45, 7) is 7.78. The molecule has 0 bridgehead atoms. The van der Waals surface area contributed by atoms with Gasteiger partial charge in [0.15, 0.2) is 5.96 Å². The number of aromatic nitrogens is 2. The van der Waals surface area contributed by atoms with Crippen molar-refractivity contribution in [2.75, 3.05) is 57.9 Å². The molecule has 0 radical (unpaired) electrons. The van der Waals surface area contributed by atoms with Gasteiger partial charge in [0.1, 0.15) is 11.6 Å². The SMILES string of the molecule is CCc1nsc(N2CCN(C(=NCCOC)NCCc3ccco3)CC2)n1. The van der Waals surface area contributed by atoms with Crippen LogP contribution in [0, 0.1) is 0 Å². The second-order valence-corrected chi connectivity index (χ2v) is 7.01. The first-order valence-corrected chi connectivity index (χ1v) is 10.2. The second-order valence-electron chi connectivity index (χ2n) is 6.28. The average molecular weight is 393 g/mol. The van der Waals surface area contributed by atoms with Gasteiger partial charge in [-0.25, -0.2) is 4.98 Å². The van der Waals surface area contributed by atoms with Crippen molar-refractivity contribution in [3.05, 3.63) is 30.0 Å². The maximum Gasteiger partial charge on any atom is 0.205 e. The Balaban J connectivity index is 1.53. The van der Waals surface area contributed by atoms with Gasteiger partial charge in [-0.3, -0.25) is 4.99 Å². The Morgan fingerprint density at radius 2 is 2.22 bits per heavy atom. The summed E-state index contributed by atoms with van der Waals surface area (Å²) < 4.78 is 14.9. The van der Waals surface area contributed by atoms with Crippen LogP contribution in [0.5, 0.6) is 0 Å². The molecule has 1 saturated heterocycles. The Morgan fingerprint density at radius 1 is 1.37 bits per heavy atom. The van der Waals surface area contributed by atoms with Crippen LogP contribution in [0.1, 0.15) is 18.5 Å². The Kier molecular flexibility index (Phi) is 7.46. The van der Waals surface area contributed by atoms with Crippen molar-refractivity contribution in [2.45, 2.75) is 19.8 Å². The first kappa shape index (κ1) is 19.6. The van der Waals surface area contributed by atoms with E-state index in [4.69, 9.17) is 14.1 Å². The molecule has 2 aromatic rings. The van der Waals surface area contributed by atoms with Gasteiger partial charge in [0, 0.05) is 64.2 Å². The molecule has 1 aliphatic rings. The predicted molar refractivity (Wildman–Crippen MR) is 108 cm³/mol. The molecule has 0 atom stereocenters. The number of nitrogens with zero attached hydrogens (tertiary/aromatic N) is 5. The van der Waals surface area contributed by atoms with Gasteiger partial charge in [-0.1, -0.05) is 6.92 Å². The Bertz CT molecular complexity index is 695. The maximum atomic E-state index is 5.40. The number of aryl methyl sites for hydroxylation is 1. The lowest BCUT2D eigenvalue weighted by molar-refractivity contribution is 0.207. The van der Waals surface area contributed by atoms with Gasteiger partial charge in [-0.2, -0.15) is 4.37 Å². The molecule has 2 aromatic heterocycles. The highest BCUT2D eigenvalue weighted by molar-refractivity contribution is 7.09. The Morgan fingerprint density at radius 3 is 2.89 bits per heavy atom. The minimum atomic E-state index is 0.619. The summed E-state index contributed by atoms with van der Waals surface area (Å²) in [5, 5.41) is 4.49. The molecule has 0 saturated carbocycles. The van der Waals surface area contributed by atoms with E-state index < -0.39 is 0 Å². The molecule has 3 heterocycles. The van der Waals surface area contributed by atoms with Crippen molar-refractivity contribution in [1.82, 2.24) is 19.6 Å². The van der Waals surface area contributed by atoms with Crippen LogP contribution in [0.4, 0.5) is 5.13 Å². The number of ether oxygens (including phenoxy) is 1. The molecule has 1 aliphatic heterocycles. The third-order valence-corrected chi connectivity index (χ3v) is 5.23. The minimum absolute atomic E-state index is 0.619. The zero-order valence-electron chi connectivity index (χ0n) is 16.1. The molecule has 0 unspecified atom stereocenters. The lowest BCUT2D eigenvalue weighted by atomic mass is 10.3. The van der Waals surface area contributed by atoms with E-state index in [-0.39, 0.29) is 0 Å².